The highest BCUT2D eigenvalue weighted by Crippen LogP contribution is 2.32. The largest absolute Gasteiger partial charge is 0.393 e. The second-order valence-corrected chi connectivity index (χ2v) is 10.4. The summed E-state index contributed by atoms with van der Waals surface area (Å²) in [6, 6.07) is 0. The lowest BCUT2D eigenvalue weighted by Crippen LogP contribution is -2.40. The number of hydrogen-bond acceptors (Lipinski definition) is 8. The molecule has 0 aromatic carbocycles. The minimum Gasteiger partial charge on any atom is -0.393 e. The predicted molar refractivity (Wildman–Crippen MR) is 122 cm³/mol. The Bertz CT molecular complexity index is 1070. The molecule has 2 aromatic heterocycles. The van der Waals surface area contributed by atoms with Crippen LogP contribution in [0.3, 0.4) is 0 Å². The molecule has 1 fully saturated rings. The van der Waals surface area contributed by atoms with E-state index in [9.17, 15) is 13.2 Å². The van der Waals surface area contributed by atoms with E-state index in [-0.39, 0.29) is 16.3 Å². The summed E-state index contributed by atoms with van der Waals surface area (Å²) < 4.78 is 26.7. The Morgan fingerprint density at radius 1 is 1.32 bits per heavy atom. The smallest absolute Gasteiger partial charge is 0.237 e. The highest BCUT2D eigenvalue weighted by Gasteiger charge is 2.37. The fourth-order valence-electron chi connectivity index (χ4n) is 2.68. The molecular formula is C20H26N6O3S2. The van der Waals surface area contributed by atoms with Crippen molar-refractivity contribution in [3.05, 3.63) is 53.7 Å². The molecule has 3 rings (SSSR count). The summed E-state index contributed by atoms with van der Waals surface area (Å²) in [4.78, 5) is 25.4. The Morgan fingerprint density at radius 2 is 2.10 bits per heavy atom. The molecular weight excluding hydrogens is 436 g/mol. The van der Waals surface area contributed by atoms with Gasteiger partial charge in [0.15, 0.2) is 5.13 Å². The molecule has 166 valence electrons. The average molecular weight is 463 g/mol. The Morgan fingerprint density at radius 3 is 2.74 bits per heavy atom. The first-order valence-corrected chi connectivity index (χ1v) is 12.2. The van der Waals surface area contributed by atoms with Gasteiger partial charge in [0.05, 0.1) is 28.2 Å². The molecule has 31 heavy (non-hydrogen) atoms. The third-order valence-corrected chi connectivity index (χ3v) is 7.46. The Balaban J connectivity index is 1.59. The number of aromatic nitrogens is 3. The SMILES string of the molecule is CN/C=C(\C=C/CNC(=O)C(C)(C)c1csc(NS(=O)(=O)C2CC2)n1)c1cnccn1. The van der Waals surface area contributed by atoms with Crippen LogP contribution in [0.5, 0.6) is 0 Å². The molecule has 0 saturated heterocycles. The van der Waals surface area contributed by atoms with Gasteiger partial charge < -0.3 is 10.6 Å². The van der Waals surface area contributed by atoms with Gasteiger partial charge in [-0.05, 0) is 26.7 Å². The van der Waals surface area contributed by atoms with Crippen molar-refractivity contribution in [3.8, 4) is 0 Å². The normalized spacial score (nSPS) is 15.1. The van der Waals surface area contributed by atoms with Crippen LogP contribution in [0.1, 0.15) is 38.1 Å². The number of rotatable bonds is 10. The van der Waals surface area contributed by atoms with Gasteiger partial charge in [-0.25, -0.2) is 13.4 Å². The van der Waals surface area contributed by atoms with Crippen molar-refractivity contribution in [1.29, 1.82) is 0 Å². The Hall–Kier alpha value is -2.79. The number of allylic oxidation sites excluding steroid dienone is 2. The fourth-order valence-corrected chi connectivity index (χ4v) is 5.15. The Labute approximate surface area is 186 Å². The number of nitrogens with one attached hydrogen (secondary N) is 3. The number of carbonyl (C=O) groups excluding carboxylic acids is 1. The minimum atomic E-state index is -3.38. The van der Waals surface area contributed by atoms with E-state index in [0.717, 1.165) is 5.57 Å². The van der Waals surface area contributed by atoms with Crippen molar-refractivity contribution < 1.29 is 13.2 Å². The highest BCUT2D eigenvalue weighted by atomic mass is 32.2. The van der Waals surface area contributed by atoms with Gasteiger partial charge in [-0.15, -0.1) is 11.3 Å². The number of hydrogen-bond donors (Lipinski definition) is 3. The maximum absolute atomic E-state index is 12.7. The van der Waals surface area contributed by atoms with E-state index in [2.05, 4.69) is 30.3 Å². The van der Waals surface area contributed by atoms with Gasteiger partial charge in [-0.2, -0.15) is 0 Å². The van der Waals surface area contributed by atoms with Gasteiger partial charge in [-0.1, -0.05) is 12.2 Å². The summed E-state index contributed by atoms with van der Waals surface area (Å²) in [6.07, 6.45) is 11.7. The zero-order valence-corrected chi connectivity index (χ0v) is 19.3. The van der Waals surface area contributed by atoms with E-state index >= 15 is 0 Å². The molecule has 1 aliphatic carbocycles. The van der Waals surface area contributed by atoms with Crippen LogP contribution in [0.4, 0.5) is 5.13 Å². The van der Waals surface area contributed by atoms with Crippen molar-refractivity contribution in [3.63, 3.8) is 0 Å². The average Bonchev–Trinajstić information content (AvgIpc) is 3.51. The highest BCUT2D eigenvalue weighted by molar-refractivity contribution is 7.93. The molecule has 2 heterocycles. The summed E-state index contributed by atoms with van der Waals surface area (Å²) >= 11 is 1.18. The van der Waals surface area contributed by atoms with Gasteiger partial charge in [-0.3, -0.25) is 19.5 Å². The molecule has 0 unspecified atom stereocenters. The summed E-state index contributed by atoms with van der Waals surface area (Å²) in [7, 11) is -1.58. The second kappa shape index (κ2) is 9.56. The molecule has 1 saturated carbocycles. The maximum Gasteiger partial charge on any atom is 0.237 e. The first kappa shape index (κ1) is 22.9. The molecule has 1 aliphatic rings. The van der Waals surface area contributed by atoms with E-state index in [4.69, 9.17) is 0 Å². The topological polar surface area (TPSA) is 126 Å². The van der Waals surface area contributed by atoms with Crippen LogP contribution in [0, 0.1) is 0 Å². The van der Waals surface area contributed by atoms with E-state index in [1.165, 1.54) is 11.3 Å². The number of sulfonamides is 1. The van der Waals surface area contributed by atoms with Gasteiger partial charge in [0.25, 0.3) is 0 Å². The van der Waals surface area contributed by atoms with Gasteiger partial charge >= 0.3 is 0 Å². The zero-order chi connectivity index (χ0) is 22.5. The first-order valence-electron chi connectivity index (χ1n) is 9.80. The summed E-state index contributed by atoms with van der Waals surface area (Å²) in [6.45, 7) is 3.83. The maximum atomic E-state index is 12.7. The summed E-state index contributed by atoms with van der Waals surface area (Å²) in [5.74, 6) is -0.210. The van der Waals surface area contributed by atoms with Crippen molar-refractivity contribution in [2.75, 3.05) is 18.3 Å². The van der Waals surface area contributed by atoms with Crippen LogP contribution in [-0.2, 0) is 20.2 Å². The predicted octanol–water partition coefficient (Wildman–Crippen LogP) is 2.05. The standard InChI is InChI=1S/C20H26N6O3S2/c1-20(2,17-13-30-19(25-17)26-31(28,29)15-6-7-15)18(27)24-8-4-5-14(11-21-3)16-12-22-9-10-23-16/h4-5,9-13,15,21H,6-8H2,1-3H3,(H,24,27)(H,25,26)/b5-4-,14-11+. The monoisotopic (exact) mass is 462 g/mol. The molecule has 0 bridgehead atoms. The quantitative estimate of drug-likeness (QED) is 0.461. The first-order chi connectivity index (χ1) is 14.7. The van der Waals surface area contributed by atoms with E-state index in [1.54, 1.807) is 51.1 Å². The van der Waals surface area contributed by atoms with Gasteiger partial charge in [0, 0.05) is 43.1 Å². The number of nitrogens with zero attached hydrogens (tertiary/aromatic N) is 3. The molecule has 11 heteroatoms. The van der Waals surface area contributed by atoms with E-state index in [1.807, 2.05) is 12.2 Å². The minimum absolute atomic E-state index is 0.210. The second-order valence-electron chi connectivity index (χ2n) is 7.60. The zero-order valence-electron chi connectivity index (χ0n) is 17.6. The van der Waals surface area contributed by atoms with E-state index < -0.39 is 15.4 Å². The molecule has 3 N–H and O–H groups in total. The van der Waals surface area contributed by atoms with Crippen LogP contribution in [-0.4, -0.2) is 48.1 Å². The van der Waals surface area contributed by atoms with Crippen LogP contribution >= 0.6 is 11.3 Å². The molecule has 0 aliphatic heterocycles. The molecule has 0 radical (unpaired) electrons. The third kappa shape index (κ3) is 5.88. The van der Waals surface area contributed by atoms with Crippen molar-refractivity contribution in [2.45, 2.75) is 37.4 Å². The fraction of sp³-hybridized carbons (Fsp3) is 0.400. The molecule has 0 atom stereocenters. The molecule has 2 aromatic rings. The lowest BCUT2D eigenvalue weighted by Gasteiger charge is -2.21. The van der Waals surface area contributed by atoms with Crippen molar-refractivity contribution >= 4 is 38.0 Å². The van der Waals surface area contributed by atoms with E-state index in [0.29, 0.717) is 30.8 Å². The molecule has 9 nitrogen and oxygen atoms in total. The van der Waals surface area contributed by atoms with Crippen LogP contribution in [0.15, 0.2) is 42.3 Å². The Kier molecular flexibility index (Phi) is 7.06. The lowest BCUT2D eigenvalue weighted by molar-refractivity contribution is -0.125. The molecule has 0 spiro atoms. The summed E-state index contributed by atoms with van der Waals surface area (Å²) in [5.41, 5.74) is 1.14. The lowest BCUT2D eigenvalue weighted by atomic mass is 9.89. The van der Waals surface area contributed by atoms with Crippen LogP contribution < -0.4 is 15.4 Å². The van der Waals surface area contributed by atoms with Crippen LogP contribution in [0.2, 0.25) is 0 Å². The van der Waals surface area contributed by atoms with Crippen molar-refractivity contribution in [2.24, 2.45) is 0 Å². The van der Waals surface area contributed by atoms with Gasteiger partial charge in [0.2, 0.25) is 15.9 Å². The number of amides is 1. The third-order valence-electron chi connectivity index (χ3n) is 4.74. The number of carbonyl (C=O) groups is 1. The number of thiazole rings is 1. The summed E-state index contributed by atoms with van der Waals surface area (Å²) in [5, 5.41) is 7.51. The van der Waals surface area contributed by atoms with Gasteiger partial charge in [0.1, 0.15) is 0 Å². The van der Waals surface area contributed by atoms with Crippen molar-refractivity contribution in [1.82, 2.24) is 25.6 Å². The number of anilines is 1. The van der Waals surface area contributed by atoms with Crippen LogP contribution in [0.25, 0.3) is 5.57 Å². The molecule has 1 amide bonds.